The molecule has 194 valence electrons. The molecular weight excluding hydrogens is 488 g/mol. The standard InChI is InChI=1S/C30H38N2O2S.ClH/c1-24-14-15-28(22-25(24)2)29(23-31(3)35(33,34)30-12-8-5-9-13-30)18-21-32-19-16-27(17-20-32)26-10-6-4-7-11-26;/h4-15,22,27,29H,16-21,23H2,1-3H3;1H/t29-;/m0./s1. The Balaban J connectivity index is 0.00000361. The summed E-state index contributed by atoms with van der Waals surface area (Å²) in [5, 5.41) is 0. The van der Waals surface area contributed by atoms with Crippen molar-refractivity contribution in [2.75, 3.05) is 33.2 Å². The van der Waals surface area contributed by atoms with Crippen LogP contribution >= 0.6 is 12.4 Å². The minimum absolute atomic E-state index is 0. The summed E-state index contributed by atoms with van der Waals surface area (Å²) in [5.41, 5.74) is 5.20. The molecule has 1 heterocycles. The third-order valence-corrected chi connectivity index (χ3v) is 9.42. The number of nitrogens with zero attached hydrogens (tertiary/aromatic N) is 2. The summed E-state index contributed by atoms with van der Waals surface area (Å²) in [6.45, 7) is 7.90. The van der Waals surface area contributed by atoms with Crippen molar-refractivity contribution in [1.29, 1.82) is 0 Å². The highest BCUT2D eigenvalue weighted by molar-refractivity contribution is 7.89. The van der Waals surface area contributed by atoms with Crippen molar-refractivity contribution in [3.63, 3.8) is 0 Å². The zero-order chi connectivity index (χ0) is 24.8. The van der Waals surface area contributed by atoms with E-state index in [4.69, 9.17) is 0 Å². The van der Waals surface area contributed by atoms with Crippen LogP contribution in [0.4, 0.5) is 0 Å². The highest BCUT2D eigenvalue weighted by Crippen LogP contribution is 2.30. The molecule has 0 amide bonds. The van der Waals surface area contributed by atoms with Gasteiger partial charge in [-0.2, -0.15) is 0 Å². The van der Waals surface area contributed by atoms with Crippen molar-refractivity contribution in [3.8, 4) is 0 Å². The van der Waals surface area contributed by atoms with Gasteiger partial charge in [-0.25, -0.2) is 12.7 Å². The molecule has 36 heavy (non-hydrogen) atoms. The lowest BCUT2D eigenvalue weighted by molar-refractivity contribution is 0.203. The van der Waals surface area contributed by atoms with E-state index in [0.717, 1.165) is 26.1 Å². The van der Waals surface area contributed by atoms with Gasteiger partial charge >= 0.3 is 0 Å². The third kappa shape index (κ3) is 6.98. The average molecular weight is 527 g/mol. The fourth-order valence-corrected chi connectivity index (χ4v) is 6.35. The van der Waals surface area contributed by atoms with Crippen molar-refractivity contribution in [2.45, 2.75) is 49.8 Å². The first-order valence-corrected chi connectivity index (χ1v) is 14.1. The van der Waals surface area contributed by atoms with Crippen LogP contribution in [0.25, 0.3) is 0 Å². The Hall–Kier alpha value is -2.18. The van der Waals surface area contributed by atoms with Crippen LogP contribution < -0.4 is 0 Å². The molecule has 1 aliphatic heterocycles. The molecule has 0 saturated carbocycles. The number of likely N-dealkylation sites (N-methyl/N-ethyl adjacent to an activating group) is 1. The minimum Gasteiger partial charge on any atom is -0.303 e. The van der Waals surface area contributed by atoms with Crippen LogP contribution in [0.3, 0.4) is 0 Å². The number of piperidine rings is 1. The molecule has 0 bridgehead atoms. The van der Waals surface area contributed by atoms with E-state index in [9.17, 15) is 8.42 Å². The molecule has 0 N–H and O–H groups in total. The molecule has 0 unspecified atom stereocenters. The quantitative estimate of drug-likeness (QED) is 0.324. The molecule has 0 aromatic heterocycles. The van der Waals surface area contributed by atoms with Crippen LogP contribution in [0.5, 0.6) is 0 Å². The Bertz CT molecular complexity index is 1190. The minimum atomic E-state index is -3.52. The van der Waals surface area contributed by atoms with E-state index >= 15 is 0 Å². The largest absolute Gasteiger partial charge is 0.303 e. The van der Waals surface area contributed by atoms with E-state index in [-0.39, 0.29) is 18.3 Å². The molecule has 0 spiro atoms. The summed E-state index contributed by atoms with van der Waals surface area (Å²) < 4.78 is 28.0. The Morgan fingerprint density at radius 3 is 2.11 bits per heavy atom. The second-order valence-corrected chi connectivity index (χ2v) is 12.0. The fourth-order valence-electron chi connectivity index (χ4n) is 5.12. The predicted octanol–water partition coefficient (Wildman–Crippen LogP) is 6.40. The Labute approximate surface area is 223 Å². The lowest BCUT2D eigenvalue weighted by Crippen LogP contribution is -2.36. The van der Waals surface area contributed by atoms with E-state index in [1.165, 1.54) is 39.4 Å². The number of benzene rings is 3. The van der Waals surface area contributed by atoms with Gasteiger partial charge in [-0.05, 0) is 99.0 Å². The van der Waals surface area contributed by atoms with E-state index < -0.39 is 10.0 Å². The maximum Gasteiger partial charge on any atom is 0.242 e. The summed E-state index contributed by atoms with van der Waals surface area (Å²) in [5.74, 6) is 0.787. The summed E-state index contributed by atoms with van der Waals surface area (Å²) in [6.07, 6.45) is 3.30. The highest BCUT2D eigenvalue weighted by atomic mass is 35.5. The summed E-state index contributed by atoms with van der Waals surface area (Å²) in [6, 6.07) is 26.2. The van der Waals surface area contributed by atoms with Crippen LogP contribution in [0, 0.1) is 13.8 Å². The smallest absolute Gasteiger partial charge is 0.242 e. The van der Waals surface area contributed by atoms with Crippen LogP contribution in [0.2, 0.25) is 0 Å². The van der Waals surface area contributed by atoms with Crippen LogP contribution in [0.15, 0.2) is 83.8 Å². The van der Waals surface area contributed by atoms with Crippen molar-refractivity contribution in [1.82, 2.24) is 9.21 Å². The zero-order valence-electron chi connectivity index (χ0n) is 21.6. The van der Waals surface area contributed by atoms with Gasteiger partial charge in [0.15, 0.2) is 0 Å². The number of rotatable bonds is 9. The van der Waals surface area contributed by atoms with Gasteiger partial charge in [0.25, 0.3) is 0 Å². The lowest BCUT2D eigenvalue weighted by Gasteiger charge is -2.33. The van der Waals surface area contributed by atoms with Crippen LogP contribution in [-0.4, -0.2) is 50.8 Å². The van der Waals surface area contributed by atoms with Gasteiger partial charge in [0, 0.05) is 13.6 Å². The summed E-state index contributed by atoms with van der Waals surface area (Å²) in [7, 11) is -1.81. The number of halogens is 1. The van der Waals surface area contributed by atoms with Gasteiger partial charge in [-0.3, -0.25) is 0 Å². The molecule has 1 aliphatic rings. The van der Waals surface area contributed by atoms with Crippen LogP contribution in [0.1, 0.15) is 53.4 Å². The van der Waals surface area contributed by atoms with Gasteiger partial charge < -0.3 is 4.90 Å². The predicted molar refractivity (Wildman–Crippen MR) is 152 cm³/mol. The maximum atomic E-state index is 13.2. The van der Waals surface area contributed by atoms with Gasteiger partial charge in [-0.1, -0.05) is 66.7 Å². The molecule has 1 atom stereocenters. The first kappa shape index (κ1) is 28.4. The molecule has 0 radical (unpaired) electrons. The first-order valence-electron chi connectivity index (χ1n) is 12.7. The molecule has 6 heteroatoms. The molecule has 4 rings (SSSR count). The SMILES string of the molecule is Cc1ccc([C@@H](CCN2CCC(c3ccccc3)CC2)CN(C)S(=O)(=O)c2ccccc2)cc1C.Cl. The second-order valence-electron chi connectivity index (χ2n) is 9.95. The van der Waals surface area contributed by atoms with E-state index in [0.29, 0.717) is 17.4 Å². The Morgan fingerprint density at radius 2 is 1.50 bits per heavy atom. The molecule has 3 aromatic carbocycles. The highest BCUT2D eigenvalue weighted by Gasteiger charge is 2.26. The molecular formula is C30H39ClN2O2S. The van der Waals surface area contributed by atoms with Crippen molar-refractivity contribution >= 4 is 22.4 Å². The number of hydrogen-bond donors (Lipinski definition) is 0. The fraction of sp³-hybridized carbons (Fsp3) is 0.400. The molecule has 4 nitrogen and oxygen atoms in total. The lowest BCUT2D eigenvalue weighted by atomic mass is 9.88. The Kier molecular flexibility index (Phi) is 10.1. The van der Waals surface area contributed by atoms with E-state index in [2.05, 4.69) is 67.3 Å². The zero-order valence-corrected chi connectivity index (χ0v) is 23.3. The van der Waals surface area contributed by atoms with Gasteiger partial charge in [0.1, 0.15) is 0 Å². The first-order chi connectivity index (χ1) is 16.8. The molecule has 0 aliphatic carbocycles. The third-order valence-electron chi connectivity index (χ3n) is 7.58. The van der Waals surface area contributed by atoms with Crippen molar-refractivity contribution in [2.24, 2.45) is 0 Å². The normalized spacial score (nSPS) is 16.0. The van der Waals surface area contributed by atoms with E-state index in [1.54, 1.807) is 31.3 Å². The number of likely N-dealkylation sites (tertiary alicyclic amines) is 1. The Morgan fingerprint density at radius 1 is 0.889 bits per heavy atom. The van der Waals surface area contributed by atoms with Crippen molar-refractivity contribution < 1.29 is 8.42 Å². The topological polar surface area (TPSA) is 40.6 Å². The average Bonchev–Trinajstić information content (AvgIpc) is 2.89. The number of hydrogen-bond acceptors (Lipinski definition) is 3. The molecule has 1 saturated heterocycles. The summed E-state index contributed by atoms with van der Waals surface area (Å²) >= 11 is 0. The number of aryl methyl sites for hydroxylation is 2. The van der Waals surface area contributed by atoms with Gasteiger partial charge in [0.05, 0.1) is 4.90 Å². The summed E-state index contributed by atoms with van der Waals surface area (Å²) in [4.78, 5) is 2.91. The van der Waals surface area contributed by atoms with Crippen molar-refractivity contribution in [3.05, 3.63) is 101 Å². The second kappa shape index (κ2) is 12.9. The molecule has 1 fully saturated rings. The van der Waals surface area contributed by atoms with Crippen LogP contribution in [-0.2, 0) is 10.0 Å². The van der Waals surface area contributed by atoms with Gasteiger partial charge in [-0.15, -0.1) is 12.4 Å². The molecule has 3 aromatic rings. The maximum absolute atomic E-state index is 13.2. The number of sulfonamides is 1. The van der Waals surface area contributed by atoms with Gasteiger partial charge in [0.2, 0.25) is 10.0 Å². The monoisotopic (exact) mass is 526 g/mol. The van der Waals surface area contributed by atoms with E-state index in [1.807, 2.05) is 6.07 Å².